The van der Waals surface area contributed by atoms with Crippen molar-refractivity contribution >= 4 is 12.4 Å². The number of allylic oxidation sites excluding steroid dienone is 1. The molecule has 0 aromatic heterocycles. The molecule has 0 unspecified atom stereocenters. The SMILES string of the molecule is C=NN(/C=C(\C)CC(C)C)c1ccccc1. The minimum atomic E-state index is 0.665. The minimum absolute atomic E-state index is 0.665. The van der Waals surface area contributed by atoms with Gasteiger partial charge in [-0.15, -0.1) is 0 Å². The summed E-state index contributed by atoms with van der Waals surface area (Å²) in [5, 5.41) is 5.83. The zero-order chi connectivity index (χ0) is 12.0. The quantitative estimate of drug-likeness (QED) is 0.535. The van der Waals surface area contributed by atoms with Crippen LogP contribution in [0.5, 0.6) is 0 Å². The number of anilines is 1. The summed E-state index contributed by atoms with van der Waals surface area (Å²) in [4.78, 5) is 0. The van der Waals surface area contributed by atoms with E-state index in [-0.39, 0.29) is 0 Å². The molecule has 0 N–H and O–H groups in total. The predicted molar refractivity (Wildman–Crippen MR) is 71.7 cm³/mol. The second-order valence-electron chi connectivity index (χ2n) is 4.39. The van der Waals surface area contributed by atoms with E-state index in [1.165, 1.54) is 5.57 Å². The highest BCUT2D eigenvalue weighted by Gasteiger charge is 2.01. The Morgan fingerprint density at radius 2 is 2.00 bits per heavy atom. The van der Waals surface area contributed by atoms with Crippen molar-refractivity contribution in [2.24, 2.45) is 11.0 Å². The second-order valence-corrected chi connectivity index (χ2v) is 4.39. The standard InChI is InChI=1S/C14H20N2/c1-12(2)10-13(3)11-16(15-4)14-8-6-5-7-9-14/h5-9,11-12H,4,10H2,1-3H3/b13-11+. The van der Waals surface area contributed by atoms with Crippen LogP contribution in [0.2, 0.25) is 0 Å². The van der Waals surface area contributed by atoms with E-state index in [4.69, 9.17) is 0 Å². The zero-order valence-electron chi connectivity index (χ0n) is 10.4. The average Bonchev–Trinajstić information content (AvgIpc) is 2.26. The summed E-state index contributed by atoms with van der Waals surface area (Å²) in [5.74, 6) is 0.665. The largest absolute Gasteiger partial charge is 0.242 e. The fourth-order valence-corrected chi connectivity index (χ4v) is 1.68. The van der Waals surface area contributed by atoms with E-state index >= 15 is 0 Å². The summed E-state index contributed by atoms with van der Waals surface area (Å²) < 4.78 is 0. The third-order valence-electron chi connectivity index (χ3n) is 2.25. The lowest BCUT2D eigenvalue weighted by molar-refractivity contribution is 0.640. The van der Waals surface area contributed by atoms with Crippen LogP contribution in [0.1, 0.15) is 27.2 Å². The summed E-state index contributed by atoms with van der Waals surface area (Å²) in [6.45, 7) is 10.2. The molecule has 0 atom stereocenters. The monoisotopic (exact) mass is 216 g/mol. The maximum atomic E-state index is 4.01. The van der Waals surface area contributed by atoms with E-state index < -0.39 is 0 Å². The smallest absolute Gasteiger partial charge is 0.0645 e. The van der Waals surface area contributed by atoms with Gasteiger partial charge >= 0.3 is 0 Å². The van der Waals surface area contributed by atoms with Gasteiger partial charge in [-0.25, -0.2) is 5.01 Å². The van der Waals surface area contributed by atoms with Crippen LogP contribution in [0.3, 0.4) is 0 Å². The zero-order valence-corrected chi connectivity index (χ0v) is 10.4. The first-order valence-electron chi connectivity index (χ1n) is 5.61. The Hall–Kier alpha value is -1.57. The number of para-hydroxylation sites is 1. The highest BCUT2D eigenvalue weighted by molar-refractivity contribution is 5.50. The predicted octanol–water partition coefficient (Wildman–Crippen LogP) is 4.06. The second kappa shape index (κ2) is 6.11. The first kappa shape index (κ1) is 12.5. The molecule has 2 heteroatoms. The molecule has 0 heterocycles. The van der Waals surface area contributed by atoms with Crippen molar-refractivity contribution in [2.45, 2.75) is 27.2 Å². The number of hydrogen-bond donors (Lipinski definition) is 0. The summed E-state index contributed by atoms with van der Waals surface area (Å²) in [5.41, 5.74) is 2.35. The number of nitrogens with zero attached hydrogens (tertiary/aromatic N) is 2. The molecule has 0 amide bonds. The van der Waals surface area contributed by atoms with Crippen molar-refractivity contribution in [3.05, 3.63) is 42.1 Å². The molecule has 2 nitrogen and oxygen atoms in total. The Kier molecular flexibility index (Phi) is 4.77. The van der Waals surface area contributed by atoms with Gasteiger partial charge in [0, 0.05) is 12.9 Å². The van der Waals surface area contributed by atoms with Gasteiger partial charge in [-0.2, -0.15) is 5.10 Å². The lowest BCUT2D eigenvalue weighted by Gasteiger charge is -2.15. The van der Waals surface area contributed by atoms with Crippen molar-refractivity contribution in [3.63, 3.8) is 0 Å². The summed E-state index contributed by atoms with van der Waals surface area (Å²) in [7, 11) is 0. The Morgan fingerprint density at radius 3 is 2.50 bits per heavy atom. The Morgan fingerprint density at radius 1 is 1.38 bits per heavy atom. The molecular formula is C14H20N2. The van der Waals surface area contributed by atoms with E-state index in [1.54, 1.807) is 0 Å². The Balaban J connectivity index is 2.80. The molecule has 0 aliphatic carbocycles. The number of rotatable bonds is 5. The molecule has 0 aliphatic heterocycles. The van der Waals surface area contributed by atoms with Crippen molar-refractivity contribution in [1.82, 2.24) is 0 Å². The van der Waals surface area contributed by atoms with Gasteiger partial charge in [0.2, 0.25) is 0 Å². The summed E-state index contributed by atoms with van der Waals surface area (Å²) in [6, 6.07) is 10.0. The summed E-state index contributed by atoms with van der Waals surface area (Å²) >= 11 is 0. The molecule has 0 spiro atoms. The number of hydrogen-bond acceptors (Lipinski definition) is 2. The van der Waals surface area contributed by atoms with Crippen molar-refractivity contribution in [2.75, 3.05) is 5.01 Å². The van der Waals surface area contributed by atoms with Gasteiger partial charge in [0.1, 0.15) is 0 Å². The average molecular weight is 216 g/mol. The molecule has 0 saturated heterocycles. The molecule has 16 heavy (non-hydrogen) atoms. The summed E-state index contributed by atoms with van der Waals surface area (Å²) in [6.07, 6.45) is 3.13. The van der Waals surface area contributed by atoms with Gasteiger partial charge < -0.3 is 0 Å². The van der Waals surface area contributed by atoms with Crippen LogP contribution in [-0.4, -0.2) is 6.72 Å². The van der Waals surface area contributed by atoms with Crippen LogP contribution in [0.15, 0.2) is 47.2 Å². The Bertz CT molecular complexity index is 352. The van der Waals surface area contributed by atoms with Gasteiger partial charge in [0.15, 0.2) is 0 Å². The fraction of sp³-hybridized carbons (Fsp3) is 0.357. The van der Waals surface area contributed by atoms with E-state index in [9.17, 15) is 0 Å². The van der Waals surface area contributed by atoms with Gasteiger partial charge in [0.25, 0.3) is 0 Å². The van der Waals surface area contributed by atoms with Crippen molar-refractivity contribution < 1.29 is 0 Å². The molecule has 1 rings (SSSR count). The normalized spacial score (nSPS) is 11.6. The van der Waals surface area contributed by atoms with Crippen LogP contribution in [0, 0.1) is 5.92 Å². The van der Waals surface area contributed by atoms with Gasteiger partial charge in [0.05, 0.1) is 5.69 Å². The topological polar surface area (TPSA) is 15.6 Å². The first-order valence-corrected chi connectivity index (χ1v) is 5.61. The lowest BCUT2D eigenvalue weighted by atomic mass is 10.1. The fourth-order valence-electron chi connectivity index (χ4n) is 1.68. The van der Waals surface area contributed by atoms with Crippen LogP contribution >= 0.6 is 0 Å². The van der Waals surface area contributed by atoms with Crippen molar-refractivity contribution in [1.29, 1.82) is 0 Å². The van der Waals surface area contributed by atoms with E-state index in [0.717, 1.165) is 12.1 Å². The molecule has 0 aliphatic rings. The first-order chi connectivity index (χ1) is 7.63. The van der Waals surface area contributed by atoms with E-state index in [1.807, 2.05) is 41.5 Å². The third kappa shape index (κ3) is 3.89. The van der Waals surface area contributed by atoms with E-state index in [0.29, 0.717) is 5.92 Å². The molecule has 86 valence electrons. The minimum Gasteiger partial charge on any atom is -0.242 e. The third-order valence-corrected chi connectivity index (χ3v) is 2.25. The van der Waals surface area contributed by atoms with Crippen LogP contribution in [-0.2, 0) is 0 Å². The molecule has 0 fully saturated rings. The van der Waals surface area contributed by atoms with Gasteiger partial charge in [-0.3, -0.25) is 0 Å². The maximum Gasteiger partial charge on any atom is 0.0645 e. The van der Waals surface area contributed by atoms with Crippen molar-refractivity contribution in [3.8, 4) is 0 Å². The molecule has 0 bridgehead atoms. The molecule has 1 aromatic rings. The van der Waals surface area contributed by atoms with Crippen LogP contribution in [0.25, 0.3) is 0 Å². The lowest BCUT2D eigenvalue weighted by Crippen LogP contribution is -2.07. The number of hydrazone groups is 1. The Labute approximate surface area is 98.3 Å². The van der Waals surface area contributed by atoms with Gasteiger partial charge in [-0.1, -0.05) is 37.6 Å². The van der Waals surface area contributed by atoms with Crippen LogP contribution in [0.4, 0.5) is 5.69 Å². The number of benzene rings is 1. The van der Waals surface area contributed by atoms with Crippen LogP contribution < -0.4 is 5.01 Å². The highest BCUT2D eigenvalue weighted by atomic mass is 15.4. The molecule has 0 saturated carbocycles. The maximum absolute atomic E-state index is 4.01. The molecular weight excluding hydrogens is 196 g/mol. The highest BCUT2D eigenvalue weighted by Crippen LogP contribution is 2.17. The van der Waals surface area contributed by atoms with Gasteiger partial charge in [-0.05, 0) is 31.4 Å². The molecule has 1 aromatic carbocycles. The molecule has 0 radical (unpaired) electrons. The van der Waals surface area contributed by atoms with E-state index in [2.05, 4.69) is 32.6 Å².